The third kappa shape index (κ3) is 4.15. The maximum atomic E-state index is 13.8. The molecule has 1 amide bonds. The average Bonchev–Trinajstić information content (AvgIpc) is 2.66. The van der Waals surface area contributed by atoms with Crippen LogP contribution in [0.3, 0.4) is 0 Å². The van der Waals surface area contributed by atoms with Gasteiger partial charge in [-0.1, -0.05) is 12.1 Å². The fourth-order valence-electron chi connectivity index (χ4n) is 3.28. The van der Waals surface area contributed by atoms with E-state index in [4.69, 9.17) is 9.47 Å². The summed E-state index contributed by atoms with van der Waals surface area (Å²) in [5, 5.41) is 0. The van der Waals surface area contributed by atoms with Gasteiger partial charge < -0.3 is 14.4 Å². The number of nitrogens with zero attached hydrogens (tertiary/aromatic N) is 1. The highest BCUT2D eigenvalue weighted by atomic mass is 19.1. The summed E-state index contributed by atoms with van der Waals surface area (Å²) in [5.41, 5.74) is 3.22. The fraction of sp³-hybridized carbons (Fsp3) is 0.381. The van der Waals surface area contributed by atoms with Gasteiger partial charge in [-0.15, -0.1) is 0 Å². The van der Waals surface area contributed by atoms with E-state index >= 15 is 0 Å². The molecule has 0 unspecified atom stereocenters. The highest BCUT2D eigenvalue weighted by molar-refractivity contribution is 5.76. The topological polar surface area (TPSA) is 38.8 Å². The van der Waals surface area contributed by atoms with Gasteiger partial charge in [0.15, 0.2) is 11.6 Å². The molecule has 1 heterocycles. The number of carbonyl (C=O) groups excluding carboxylic acids is 1. The Bertz CT molecular complexity index is 791. The van der Waals surface area contributed by atoms with E-state index in [1.807, 2.05) is 24.0 Å². The average molecular weight is 357 g/mol. The molecule has 0 aliphatic carbocycles. The Labute approximate surface area is 153 Å². The summed E-state index contributed by atoms with van der Waals surface area (Å²) in [6.45, 7) is 3.90. The Balaban J connectivity index is 1.60. The van der Waals surface area contributed by atoms with Crippen molar-refractivity contribution in [1.82, 2.24) is 4.90 Å². The second-order valence-electron chi connectivity index (χ2n) is 6.40. The first-order chi connectivity index (χ1) is 12.6. The number of hydrogen-bond acceptors (Lipinski definition) is 3. The molecular formula is C21H24FNO3. The SMILES string of the molecule is CCOc1ccc2c(c1)CN(C(=O)CCc1ccc(OC)c(F)c1)CC2. The summed E-state index contributed by atoms with van der Waals surface area (Å²) in [6, 6.07) is 10.9. The predicted molar refractivity (Wildman–Crippen MR) is 98.0 cm³/mol. The summed E-state index contributed by atoms with van der Waals surface area (Å²) in [4.78, 5) is 14.4. The van der Waals surface area contributed by atoms with Crippen molar-refractivity contribution in [2.24, 2.45) is 0 Å². The summed E-state index contributed by atoms with van der Waals surface area (Å²) in [5.74, 6) is 0.758. The molecule has 3 rings (SSSR count). The third-order valence-electron chi connectivity index (χ3n) is 4.70. The van der Waals surface area contributed by atoms with Crippen LogP contribution in [0.15, 0.2) is 36.4 Å². The van der Waals surface area contributed by atoms with Crippen LogP contribution in [0.25, 0.3) is 0 Å². The van der Waals surface area contributed by atoms with Crippen molar-refractivity contribution in [2.45, 2.75) is 32.7 Å². The lowest BCUT2D eigenvalue weighted by Gasteiger charge is -2.29. The molecule has 5 heteroatoms. The largest absolute Gasteiger partial charge is 0.494 e. The van der Waals surface area contributed by atoms with Crippen molar-refractivity contribution in [3.63, 3.8) is 0 Å². The molecule has 0 radical (unpaired) electrons. The summed E-state index contributed by atoms with van der Waals surface area (Å²) in [7, 11) is 1.44. The van der Waals surface area contributed by atoms with Gasteiger partial charge >= 0.3 is 0 Å². The van der Waals surface area contributed by atoms with Crippen LogP contribution < -0.4 is 9.47 Å². The first kappa shape index (κ1) is 18.2. The molecule has 26 heavy (non-hydrogen) atoms. The predicted octanol–water partition coefficient (Wildman–Crippen LogP) is 3.75. The van der Waals surface area contributed by atoms with Crippen molar-refractivity contribution in [2.75, 3.05) is 20.3 Å². The van der Waals surface area contributed by atoms with E-state index < -0.39 is 5.82 Å². The Hall–Kier alpha value is -2.56. The normalized spacial score (nSPS) is 13.3. The van der Waals surface area contributed by atoms with Crippen LogP contribution in [-0.4, -0.2) is 31.1 Å². The first-order valence-corrected chi connectivity index (χ1v) is 8.95. The number of hydrogen-bond donors (Lipinski definition) is 0. The molecule has 0 N–H and O–H groups in total. The van der Waals surface area contributed by atoms with E-state index in [1.165, 1.54) is 18.7 Å². The van der Waals surface area contributed by atoms with E-state index in [9.17, 15) is 9.18 Å². The minimum absolute atomic E-state index is 0.0914. The van der Waals surface area contributed by atoms with Crippen LogP contribution in [0.1, 0.15) is 30.0 Å². The third-order valence-corrected chi connectivity index (χ3v) is 4.70. The molecule has 4 nitrogen and oxygen atoms in total. The highest BCUT2D eigenvalue weighted by Crippen LogP contribution is 2.25. The van der Waals surface area contributed by atoms with Gasteiger partial charge in [0.05, 0.1) is 13.7 Å². The highest BCUT2D eigenvalue weighted by Gasteiger charge is 2.21. The first-order valence-electron chi connectivity index (χ1n) is 8.95. The van der Waals surface area contributed by atoms with Crippen LogP contribution in [0.4, 0.5) is 4.39 Å². The minimum Gasteiger partial charge on any atom is -0.494 e. The molecule has 1 aliphatic rings. The van der Waals surface area contributed by atoms with Gasteiger partial charge in [-0.3, -0.25) is 4.79 Å². The maximum absolute atomic E-state index is 13.8. The van der Waals surface area contributed by atoms with Gasteiger partial charge in [0.1, 0.15) is 5.75 Å². The number of aryl methyl sites for hydroxylation is 1. The molecule has 0 aromatic heterocycles. The van der Waals surface area contributed by atoms with Crippen molar-refractivity contribution in [3.05, 3.63) is 58.9 Å². The van der Waals surface area contributed by atoms with Crippen molar-refractivity contribution in [1.29, 1.82) is 0 Å². The molecule has 0 spiro atoms. The number of methoxy groups -OCH3 is 1. The summed E-state index contributed by atoms with van der Waals surface area (Å²) >= 11 is 0. The number of rotatable bonds is 6. The zero-order chi connectivity index (χ0) is 18.5. The quantitative estimate of drug-likeness (QED) is 0.790. The van der Waals surface area contributed by atoms with E-state index in [-0.39, 0.29) is 11.7 Å². The van der Waals surface area contributed by atoms with E-state index in [0.717, 1.165) is 29.8 Å². The summed E-state index contributed by atoms with van der Waals surface area (Å²) in [6.07, 6.45) is 1.74. The second-order valence-corrected chi connectivity index (χ2v) is 6.40. The second kappa shape index (κ2) is 8.21. The fourth-order valence-corrected chi connectivity index (χ4v) is 3.28. The van der Waals surface area contributed by atoms with Gasteiger partial charge in [-0.25, -0.2) is 4.39 Å². The van der Waals surface area contributed by atoms with Gasteiger partial charge in [-0.2, -0.15) is 0 Å². The molecular weight excluding hydrogens is 333 g/mol. The van der Waals surface area contributed by atoms with Gasteiger partial charge in [0.25, 0.3) is 0 Å². The van der Waals surface area contributed by atoms with E-state index in [2.05, 4.69) is 6.07 Å². The Morgan fingerprint density at radius 2 is 2.04 bits per heavy atom. The van der Waals surface area contributed by atoms with Crippen molar-refractivity contribution < 1.29 is 18.7 Å². The van der Waals surface area contributed by atoms with Crippen molar-refractivity contribution >= 4 is 5.91 Å². The maximum Gasteiger partial charge on any atom is 0.223 e. The zero-order valence-electron chi connectivity index (χ0n) is 15.3. The van der Waals surface area contributed by atoms with Crippen LogP contribution in [-0.2, 0) is 24.2 Å². The Morgan fingerprint density at radius 1 is 1.19 bits per heavy atom. The Kier molecular flexibility index (Phi) is 5.76. The smallest absolute Gasteiger partial charge is 0.223 e. The van der Waals surface area contributed by atoms with Gasteiger partial charge in [0.2, 0.25) is 5.91 Å². The zero-order valence-corrected chi connectivity index (χ0v) is 15.3. The number of amides is 1. The number of fused-ring (bicyclic) bond motifs is 1. The number of ether oxygens (including phenoxy) is 2. The molecule has 2 aromatic carbocycles. The number of halogens is 1. The molecule has 0 fully saturated rings. The summed E-state index contributed by atoms with van der Waals surface area (Å²) < 4.78 is 24.2. The molecule has 2 aromatic rings. The van der Waals surface area contributed by atoms with Crippen LogP contribution in [0.5, 0.6) is 11.5 Å². The van der Waals surface area contributed by atoms with E-state index in [1.54, 1.807) is 12.1 Å². The van der Waals surface area contributed by atoms with Crippen LogP contribution in [0, 0.1) is 5.82 Å². The van der Waals surface area contributed by atoms with E-state index in [0.29, 0.717) is 26.0 Å². The Morgan fingerprint density at radius 3 is 2.77 bits per heavy atom. The lowest BCUT2D eigenvalue weighted by atomic mass is 9.99. The van der Waals surface area contributed by atoms with Crippen LogP contribution in [0.2, 0.25) is 0 Å². The van der Waals surface area contributed by atoms with Crippen molar-refractivity contribution in [3.8, 4) is 11.5 Å². The van der Waals surface area contributed by atoms with Gasteiger partial charge in [0, 0.05) is 19.5 Å². The molecule has 0 atom stereocenters. The number of carbonyl (C=O) groups is 1. The monoisotopic (exact) mass is 357 g/mol. The number of benzene rings is 2. The minimum atomic E-state index is -0.396. The standard InChI is InChI=1S/C21H24FNO3/c1-3-26-18-7-6-16-10-11-23(14-17(16)13-18)21(24)9-5-15-4-8-20(25-2)19(22)12-15/h4,6-8,12-13H,3,5,9-11,14H2,1-2H3. The molecule has 1 aliphatic heterocycles. The van der Waals surface area contributed by atoms with Gasteiger partial charge in [-0.05, 0) is 60.7 Å². The molecule has 0 saturated heterocycles. The lowest BCUT2D eigenvalue weighted by Crippen LogP contribution is -2.36. The van der Waals surface area contributed by atoms with Crippen LogP contribution >= 0.6 is 0 Å². The molecule has 0 bridgehead atoms. The molecule has 0 saturated carbocycles. The molecule has 138 valence electrons. The lowest BCUT2D eigenvalue weighted by molar-refractivity contribution is -0.132.